The summed E-state index contributed by atoms with van der Waals surface area (Å²) in [5, 5.41) is 4.47. The Hall–Kier alpha value is -2.49. The van der Waals surface area contributed by atoms with E-state index in [0.29, 0.717) is 29.5 Å². The molecule has 0 bridgehead atoms. The van der Waals surface area contributed by atoms with Crippen LogP contribution in [0.2, 0.25) is 5.02 Å². The molecule has 2 aromatic carbocycles. The van der Waals surface area contributed by atoms with Gasteiger partial charge in [-0.1, -0.05) is 35.8 Å². The van der Waals surface area contributed by atoms with E-state index >= 15 is 0 Å². The summed E-state index contributed by atoms with van der Waals surface area (Å²) < 4.78 is 46.0. The van der Waals surface area contributed by atoms with Gasteiger partial charge in [0, 0.05) is 30.6 Å². The van der Waals surface area contributed by atoms with E-state index < -0.39 is 21.7 Å². The third-order valence-corrected chi connectivity index (χ3v) is 7.19. The minimum absolute atomic E-state index is 0.0149. The highest BCUT2D eigenvalue weighted by Gasteiger charge is 2.32. The van der Waals surface area contributed by atoms with E-state index in [-0.39, 0.29) is 28.6 Å². The fourth-order valence-electron chi connectivity index (χ4n) is 3.66. The summed E-state index contributed by atoms with van der Waals surface area (Å²) in [7, 11) is -3.78. The molecule has 1 aliphatic rings. The van der Waals surface area contributed by atoms with E-state index in [0.717, 1.165) is 18.1 Å². The van der Waals surface area contributed by atoms with Crippen molar-refractivity contribution in [2.45, 2.75) is 37.2 Å². The summed E-state index contributed by atoms with van der Waals surface area (Å²) in [4.78, 5) is 5.99. The van der Waals surface area contributed by atoms with Crippen LogP contribution in [0, 0.1) is 5.82 Å². The maximum absolute atomic E-state index is 15.0. The molecule has 7 nitrogen and oxygen atoms in total. The summed E-state index contributed by atoms with van der Waals surface area (Å²) in [5.74, 6) is -0.520. The molecular weight excluding hydrogens is 443 g/mol. The number of rotatable bonds is 5. The van der Waals surface area contributed by atoms with Gasteiger partial charge in [0.15, 0.2) is 15.7 Å². The zero-order valence-corrected chi connectivity index (χ0v) is 18.5. The van der Waals surface area contributed by atoms with Gasteiger partial charge in [0.05, 0.1) is 21.9 Å². The smallest absolute Gasteiger partial charge is 0.260 e. The van der Waals surface area contributed by atoms with Crippen LogP contribution in [0.1, 0.15) is 24.7 Å². The van der Waals surface area contributed by atoms with E-state index in [2.05, 4.69) is 10.1 Å². The Morgan fingerprint density at radius 1 is 1.29 bits per heavy atom. The van der Waals surface area contributed by atoms with E-state index in [1.54, 1.807) is 12.1 Å². The third kappa shape index (κ3) is 4.58. The lowest BCUT2D eigenvalue weighted by Crippen LogP contribution is -2.39. The highest BCUT2D eigenvalue weighted by molar-refractivity contribution is 7.91. The molecule has 2 heterocycles. The van der Waals surface area contributed by atoms with Gasteiger partial charge in [-0.15, -0.1) is 0 Å². The Morgan fingerprint density at radius 2 is 2.03 bits per heavy atom. The van der Waals surface area contributed by atoms with Gasteiger partial charge in [-0.25, -0.2) is 12.8 Å². The van der Waals surface area contributed by atoms with Crippen LogP contribution in [0.3, 0.4) is 0 Å². The summed E-state index contributed by atoms with van der Waals surface area (Å²) >= 11 is 5.97. The predicted octanol–water partition coefficient (Wildman–Crippen LogP) is 3.60. The molecule has 0 saturated carbocycles. The third-order valence-electron chi connectivity index (χ3n) is 5.07. The van der Waals surface area contributed by atoms with Crippen molar-refractivity contribution < 1.29 is 17.3 Å². The van der Waals surface area contributed by atoms with Crippen LogP contribution in [0.5, 0.6) is 0 Å². The maximum atomic E-state index is 15.0. The fraction of sp³-hybridized carbons (Fsp3) is 0.333. The van der Waals surface area contributed by atoms with Crippen LogP contribution in [0.25, 0.3) is 11.5 Å². The molecule has 0 radical (unpaired) electrons. The van der Waals surface area contributed by atoms with Crippen molar-refractivity contribution in [3.05, 3.63) is 58.6 Å². The average Bonchev–Trinajstić information content (AvgIpc) is 3.14. The lowest BCUT2D eigenvalue weighted by Gasteiger charge is -2.26. The maximum Gasteiger partial charge on any atom is 0.260 e. The molecule has 0 fully saturated rings. The Kier molecular flexibility index (Phi) is 6.00. The highest BCUT2D eigenvalue weighted by atomic mass is 35.5. The van der Waals surface area contributed by atoms with Crippen molar-refractivity contribution in [2.75, 3.05) is 17.2 Å². The molecule has 1 atom stereocenters. The fourth-order valence-corrected chi connectivity index (χ4v) is 5.42. The second-order valence-electron chi connectivity index (χ2n) is 7.61. The Labute approximate surface area is 184 Å². The summed E-state index contributed by atoms with van der Waals surface area (Å²) in [5.41, 5.74) is 7.43. The van der Waals surface area contributed by atoms with Crippen LogP contribution in [-0.4, -0.2) is 36.9 Å². The first-order chi connectivity index (χ1) is 14.8. The lowest BCUT2D eigenvalue weighted by atomic mass is 10.1. The number of sulfone groups is 1. The molecule has 4 rings (SSSR count). The topological polar surface area (TPSA) is 102 Å². The molecule has 10 heteroatoms. The predicted molar refractivity (Wildman–Crippen MR) is 116 cm³/mol. The second kappa shape index (κ2) is 8.57. The molecule has 0 aliphatic carbocycles. The van der Waals surface area contributed by atoms with Gasteiger partial charge in [0.25, 0.3) is 5.89 Å². The largest absolute Gasteiger partial charge is 0.365 e. The molecule has 0 saturated heterocycles. The van der Waals surface area contributed by atoms with Crippen molar-refractivity contribution in [3.8, 4) is 11.5 Å². The monoisotopic (exact) mass is 464 g/mol. The molecule has 164 valence electrons. The average molecular weight is 465 g/mol. The van der Waals surface area contributed by atoms with Crippen LogP contribution in [0.15, 0.2) is 45.8 Å². The first kappa shape index (κ1) is 21.7. The number of aromatic nitrogens is 2. The first-order valence-corrected chi connectivity index (χ1v) is 11.9. The number of fused-ring (bicyclic) bond motifs is 1. The number of hydrogen-bond donors (Lipinski definition) is 1. The van der Waals surface area contributed by atoms with Gasteiger partial charge in [-0.3, -0.25) is 0 Å². The number of nitrogens with two attached hydrogens (primary N) is 1. The van der Waals surface area contributed by atoms with Crippen molar-refractivity contribution in [3.63, 3.8) is 0 Å². The molecule has 31 heavy (non-hydrogen) atoms. The number of aryl methyl sites for hydroxylation is 1. The zero-order chi connectivity index (χ0) is 22.2. The van der Waals surface area contributed by atoms with Gasteiger partial charge in [0.1, 0.15) is 5.82 Å². The number of anilines is 1. The minimum atomic E-state index is -3.78. The second-order valence-corrected chi connectivity index (χ2v) is 10.1. The zero-order valence-electron chi connectivity index (χ0n) is 16.9. The summed E-state index contributed by atoms with van der Waals surface area (Å²) in [6.45, 7) is 2.63. The first-order valence-electron chi connectivity index (χ1n) is 9.91. The summed E-state index contributed by atoms with van der Waals surface area (Å²) in [6.07, 6.45) is 1.42. The minimum Gasteiger partial charge on any atom is -0.365 e. The van der Waals surface area contributed by atoms with Gasteiger partial charge < -0.3 is 15.2 Å². The Bertz CT molecular complexity index is 1200. The van der Waals surface area contributed by atoms with Crippen LogP contribution < -0.4 is 10.6 Å². The normalized spacial score (nSPS) is 17.9. The van der Waals surface area contributed by atoms with Crippen molar-refractivity contribution in [2.24, 2.45) is 5.73 Å². The molecule has 0 amide bonds. The van der Waals surface area contributed by atoms with Crippen LogP contribution in [0.4, 0.5) is 10.1 Å². The number of benzene rings is 2. The van der Waals surface area contributed by atoms with E-state index in [1.807, 2.05) is 24.0 Å². The molecular formula is C21H22ClFN4O3S. The van der Waals surface area contributed by atoms with Gasteiger partial charge >= 0.3 is 0 Å². The van der Waals surface area contributed by atoms with E-state index in [1.165, 1.54) is 6.07 Å². The van der Waals surface area contributed by atoms with E-state index in [4.69, 9.17) is 21.9 Å². The van der Waals surface area contributed by atoms with Gasteiger partial charge in [-0.05, 0) is 36.2 Å². The van der Waals surface area contributed by atoms with Crippen LogP contribution in [-0.2, 0) is 22.8 Å². The molecule has 0 spiro atoms. The molecule has 3 aromatic rings. The Balaban J connectivity index is 1.82. The highest BCUT2D eigenvalue weighted by Crippen LogP contribution is 2.36. The van der Waals surface area contributed by atoms with E-state index in [9.17, 15) is 12.8 Å². The molecule has 1 aromatic heterocycles. The SMILES string of the molecule is CCCc1noc(-c2cc3c(cc2F)S(=O)(=O)C[C@H](N)CN3Cc2ccc(Cl)cc2)n1. The standard InChI is InChI=1S/C21H22ClFN4O3S/c1-2-3-20-25-21(30-26-20)16-8-18-19(9-17(16)23)31(28,29)12-15(24)11-27(18)10-13-4-6-14(22)7-5-13/h4-9,15H,2-3,10-12,24H2,1H3/t15-/m1/s1. The molecule has 2 N–H and O–H groups in total. The van der Waals surface area contributed by atoms with Crippen LogP contribution >= 0.6 is 11.6 Å². The van der Waals surface area contributed by atoms with Gasteiger partial charge in [0.2, 0.25) is 0 Å². The van der Waals surface area contributed by atoms with Gasteiger partial charge in [-0.2, -0.15) is 4.98 Å². The summed E-state index contributed by atoms with van der Waals surface area (Å²) in [6, 6.07) is 9.08. The van der Waals surface area contributed by atoms with Crippen molar-refractivity contribution in [1.82, 2.24) is 10.1 Å². The number of nitrogens with zero attached hydrogens (tertiary/aromatic N) is 3. The molecule has 1 aliphatic heterocycles. The Morgan fingerprint density at radius 3 is 2.74 bits per heavy atom. The molecule has 0 unspecified atom stereocenters. The van der Waals surface area contributed by atoms with Crippen molar-refractivity contribution in [1.29, 1.82) is 0 Å². The lowest BCUT2D eigenvalue weighted by molar-refractivity contribution is 0.419. The number of halogens is 2. The van der Waals surface area contributed by atoms with Crippen molar-refractivity contribution >= 4 is 27.1 Å². The number of hydrogen-bond acceptors (Lipinski definition) is 7. The quantitative estimate of drug-likeness (QED) is 0.615.